The second kappa shape index (κ2) is 6.88. The zero-order valence-electron chi connectivity index (χ0n) is 12.7. The van der Waals surface area contributed by atoms with E-state index in [1.54, 1.807) is 12.3 Å². The van der Waals surface area contributed by atoms with Crippen molar-refractivity contribution < 1.29 is 4.79 Å². The molecule has 0 unspecified atom stereocenters. The summed E-state index contributed by atoms with van der Waals surface area (Å²) < 4.78 is 0. The zero-order valence-corrected chi connectivity index (χ0v) is 12.7. The van der Waals surface area contributed by atoms with Gasteiger partial charge < -0.3 is 10.6 Å². The fourth-order valence-corrected chi connectivity index (χ4v) is 1.85. The zero-order chi connectivity index (χ0) is 15.2. The normalized spacial score (nSPS) is 10.5. The number of para-hydroxylation sites is 1. The van der Waals surface area contributed by atoms with Crippen LogP contribution in [0.5, 0.6) is 0 Å². The third-order valence-corrected chi connectivity index (χ3v) is 3.10. The number of anilines is 2. The largest absolute Gasteiger partial charge is 0.384 e. The maximum Gasteiger partial charge on any atom is 0.274 e. The molecule has 0 fully saturated rings. The number of rotatable bonds is 5. The van der Waals surface area contributed by atoms with Crippen LogP contribution in [-0.2, 0) is 0 Å². The Bertz CT molecular complexity index is 606. The Morgan fingerprint density at radius 2 is 1.95 bits per heavy atom. The van der Waals surface area contributed by atoms with E-state index in [0.29, 0.717) is 11.6 Å². The highest BCUT2D eigenvalue weighted by Gasteiger charge is 2.08. The number of carbonyl (C=O) groups excluding carboxylic acids is 1. The van der Waals surface area contributed by atoms with Crippen molar-refractivity contribution in [3.63, 3.8) is 0 Å². The molecule has 1 amide bonds. The molecule has 1 aromatic carbocycles. The van der Waals surface area contributed by atoms with Crippen LogP contribution >= 0.6 is 0 Å². The SMILES string of the molecule is Cc1ccccc1NC(=O)c1ccc(NCC(C)C)cn1. The van der Waals surface area contributed by atoms with Gasteiger partial charge in [0, 0.05) is 12.2 Å². The molecular weight excluding hydrogens is 262 g/mol. The lowest BCUT2D eigenvalue weighted by molar-refractivity contribution is 0.102. The molecular formula is C17H21N3O. The van der Waals surface area contributed by atoms with Gasteiger partial charge >= 0.3 is 0 Å². The van der Waals surface area contributed by atoms with E-state index in [-0.39, 0.29) is 5.91 Å². The maximum absolute atomic E-state index is 12.1. The van der Waals surface area contributed by atoms with E-state index in [9.17, 15) is 4.79 Å². The number of amides is 1. The quantitative estimate of drug-likeness (QED) is 0.879. The van der Waals surface area contributed by atoms with Crippen LogP contribution in [0.2, 0.25) is 0 Å². The van der Waals surface area contributed by atoms with Gasteiger partial charge in [0.1, 0.15) is 5.69 Å². The maximum atomic E-state index is 12.1. The molecule has 1 aromatic heterocycles. The van der Waals surface area contributed by atoms with Crippen molar-refractivity contribution in [3.05, 3.63) is 53.9 Å². The molecule has 21 heavy (non-hydrogen) atoms. The molecule has 0 aliphatic heterocycles. The predicted molar refractivity (Wildman–Crippen MR) is 86.7 cm³/mol. The van der Waals surface area contributed by atoms with Gasteiger partial charge in [0.2, 0.25) is 0 Å². The summed E-state index contributed by atoms with van der Waals surface area (Å²) in [5, 5.41) is 6.15. The molecule has 2 aromatic rings. The summed E-state index contributed by atoms with van der Waals surface area (Å²) in [6.45, 7) is 7.13. The fraction of sp³-hybridized carbons (Fsp3) is 0.294. The van der Waals surface area contributed by atoms with Crippen molar-refractivity contribution >= 4 is 17.3 Å². The topological polar surface area (TPSA) is 54.0 Å². The molecule has 0 saturated carbocycles. The molecule has 2 N–H and O–H groups in total. The first-order valence-electron chi connectivity index (χ1n) is 7.13. The van der Waals surface area contributed by atoms with E-state index in [2.05, 4.69) is 29.5 Å². The Hall–Kier alpha value is -2.36. The van der Waals surface area contributed by atoms with Crippen LogP contribution in [0.15, 0.2) is 42.6 Å². The lowest BCUT2D eigenvalue weighted by atomic mass is 10.2. The number of hydrogen-bond acceptors (Lipinski definition) is 3. The second-order valence-electron chi connectivity index (χ2n) is 5.48. The number of pyridine rings is 1. The van der Waals surface area contributed by atoms with Crippen molar-refractivity contribution in [2.24, 2.45) is 5.92 Å². The fourth-order valence-electron chi connectivity index (χ4n) is 1.85. The third-order valence-electron chi connectivity index (χ3n) is 3.10. The summed E-state index contributed by atoms with van der Waals surface area (Å²) in [4.78, 5) is 16.4. The van der Waals surface area contributed by atoms with Gasteiger partial charge in [0.25, 0.3) is 5.91 Å². The van der Waals surface area contributed by atoms with E-state index in [1.807, 2.05) is 37.3 Å². The Balaban J connectivity index is 2.01. The third kappa shape index (κ3) is 4.31. The summed E-state index contributed by atoms with van der Waals surface area (Å²) in [6.07, 6.45) is 1.69. The van der Waals surface area contributed by atoms with Crippen LogP contribution < -0.4 is 10.6 Å². The molecule has 4 heteroatoms. The highest BCUT2D eigenvalue weighted by molar-refractivity contribution is 6.03. The first-order chi connectivity index (χ1) is 10.1. The van der Waals surface area contributed by atoms with Gasteiger partial charge in [0.05, 0.1) is 11.9 Å². The molecule has 1 heterocycles. The van der Waals surface area contributed by atoms with Gasteiger partial charge in [-0.15, -0.1) is 0 Å². The molecule has 0 saturated heterocycles. The van der Waals surface area contributed by atoms with Gasteiger partial charge in [-0.2, -0.15) is 0 Å². The van der Waals surface area contributed by atoms with Gasteiger partial charge in [-0.05, 0) is 36.6 Å². The monoisotopic (exact) mass is 283 g/mol. The molecule has 0 bridgehead atoms. The molecule has 110 valence electrons. The van der Waals surface area contributed by atoms with E-state index < -0.39 is 0 Å². The number of aryl methyl sites for hydroxylation is 1. The standard InChI is InChI=1S/C17H21N3O/c1-12(2)10-18-14-8-9-16(19-11-14)17(21)20-15-7-5-4-6-13(15)3/h4-9,11-12,18H,10H2,1-3H3,(H,20,21). The number of nitrogens with one attached hydrogen (secondary N) is 2. The molecule has 0 aliphatic carbocycles. The summed E-state index contributed by atoms with van der Waals surface area (Å²) >= 11 is 0. The lowest BCUT2D eigenvalue weighted by Crippen LogP contribution is -2.15. The number of benzene rings is 1. The van der Waals surface area contributed by atoms with Gasteiger partial charge in [-0.1, -0.05) is 32.0 Å². The summed E-state index contributed by atoms with van der Waals surface area (Å²) in [7, 11) is 0. The van der Waals surface area contributed by atoms with Crippen LogP contribution in [0.1, 0.15) is 29.9 Å². The first kappa shape index (κ1) is 15.0. The van der Waals surface area contributed by atoms with Crippen molar-refractivity contribution in [2.45, 2.75) is 20.8 Å². The predicted octanol–water partition coefficient (Wildman–Crippen LogP) is 3.71. The average Bonchev–Trinajstić information content (AvgIpc) is 2.48. The number of nitrogens with zero attached hydrogens (tertiary/aromatic N) is 1. The summed E-state index contributed by atoms with van der Waals surface area (Å²) in [5.41, 5.74) is 3.18. The van der Waals surface area contributed by atoms with Crippen molar-refractivity contribution in [3.8, 4) is 0 Å². The van der Waals surface area contributed by atoms with Crippen molar-refractivity contribution in [2.75, 3.05) is 17.2 Å². The van der Waals surface area contributed by atoms with Crippen molar-refractivity contribution in [1.29, 1.82) is 0 Å². The Morgan fingerprint density at radius 3 is 2.57 bits per heavy atom. The summed E-state index contributed by atoms with van der Waals surface area (Å²) in [5.74, 6) is 0.369. The van der Waals surface area contributed by atoms with Crippen LogP contribution in [-0.4, -0.2) is 17.4 Å². The van der Waals surface area contributed by atoms with E-state index in [0.717, 1.165) is 23.5 Å². The van der Waals surface area contributed by atoms with Gasteiger partial charge in [0.15, 0.2) is 0 Å². The molecule has 0 radical (unpaired) electrons. The number of carbonyl (C=O) groups is 1. The Morgan fingerprint density at radius 1 is 1.19 bits per heavy atom. The molecule has 0 spiro atoms. The lowest BCUT2D eigenvalue weighted by Gasteiger charge is -2.10. The minimum Gasteiger partial charge on any atom is -0.384 e. The smallest absolute Gasteiger partial charge is 0.274 e. The van der Waals surface area contributed by atoms with Crippen molar-refractivity contribution in [1.82, 2.24) is 4.98 Å². The minimum atomic E-state index is -0.195. The highest BCUT2D eigenvalue weighted by Crippen LogP contribution is 2.15. The molecule has 0 aliphatic rings. The Kier molecular flexibility index (Phi) is 4.93. The molecule has 2 rings (SSSR count). The van der Waals surface area contributed by atoms with Gasteiger partial charge in [-0.3, -0.25) is 4.79 Å². The van der Waals surface area contributed by atoms with Crippen LogP contribution in [0.4, 0.5) is 11.4 Å². The van der Waals surface area contributed by atoms with E-state index >= 15 is 0 Å². The number of hydrogen-bond donors (Lipinski definition) is 2. The average molecular weight is 283 g/mol. The van der Waals surface area contributed by atoms with Crippen LogP contribution in [0, 0.1) is 12.8 Å². The van der Waals surface area contributed by atoms with Crippen LogP contribution in [0.3, 0.4) is 0 Å². The molecule has 4 nitrogen and oxygen atoms in total. The van der Waals surface area contributed by atoms with Crippen LogP contribution in [0.25, 0.3) is 0 Å². The number of aromatic nitrogens is 1. The minimum absolute atomic E-state index is 0.195. The summed E-state index contributed by atoms with van der Waals surface area (Å²) in [6, 6.07) is 11.3. The van der Waals surface area contributed by atoms with Gasteiger partial charge in [-0.25, -0.2) is 4.98 Å². The van der Waals surface area contributed by atoms with E-state index in [4.69, 9.17) is 0 Å². The van der Waals surface area contributed by atoms with E-state index in [1.165, 1.54) is 0 Å². The highest BCUT2D eigenvalue weighted by atomic mass is 16.1. The molecule has 0 atom stereocenters. The first-order valence-corrected chi connectivity index (χ1v) is 7.13. The Labute approximate surface area is 125 Å². The second-order valence-corrected chi connectivity index (χ2v) is 5.48.